The van der Waals surface area contributed by atoms with Gasteiger partial charge < -0.3 is 0 Å². The molecule has 2 rings (SSSR count). The molecule has 0 aliphatic heterocycles. The molecule has 0 bridgehead atoms. The maximum Gasteiger partial charge on any atom is 0.0631 e. The van der Waals surface area contributed by atoms with Crippen molar-refractivity contribution in [2.24, 2.45) is 0 Å². The molecular formula is C12H13N. The van der Waals surface area contributed by atoms with Crippen LogP contribution < -0.4 is 0 Å². The molecule has 13 heavy (non-hydrogen) atoms. The Hall–Kier alpha value is -1.29. The molecule has 0 unspecified atom stereocenters. The van der Waals surface area contributed by atoms with Crippen molar-refractivity contribution in [3.05, 3.63) is 35.9 Å². The highest BCUT2D eigenvalue weighted by atomic mass is 14.4. The highest BCUT2D eigenvalue weighted by Gasteiger charge is 2.38. The summed E-state index contributed by atoms with van der Waals surface area (Å²) in [6.45, 7) is 0. The number of nitriles is 1. The van der Waals surface area contributed by atoms with Crippen LogP contribution in [0.1, 0.15) is 31.2 Å². The third kappa shape index (κ3) is 1.33. The monoisotopic (exact) mass is 171 g/mol. The Balaban J connectivity index is 2.28. The van der Waals surface area contributed by atoms with Gasteiger partial charge in [-0.25, -0.2) is 0 Å². The number of hydrogen-bond donors (Lipinski definition) is 0. The minimum atomic E-state index is 0.204. The Morgan fingerprint density at radius 1 is 1.23 bits per heavy atom. The van der Waals surface area contributed by atoms with Gasteiger partial charge in [-0.05, 0) is 18.4 Å². The van der Waals surface area contributed by atoms with Gasteiger partial charge in [0.2, 0.25) is 0 Å². The lowest BCUT2D eigenvalue weighted by Crippen LogP contribution is -2.33. The average molecular weight is 171 g/mol. The SMILES string of the molecule is N#CCC1(c2ccccc2)CCC1. The lowest BCUT2D eigenvalue weighted by atomic mass is 9.63. The molecule has 1 nitrogen and oxygen atoms in total. The van der Waals surface area contributed by atoms with Crippen LogP contribution in [0.4, 0.5) is 0 Å². The molecule has 1 aromatic rings. The maximum atomic E-state index is 8.78. The van der Waals surface area contributed by atoms with Crippen molar-refractivity contribution < 1.29 is 0 Å². The molecule has 0 spiro atoms. The number of rotatable bonds is 2. The van der Waals surface area contributed by atoms with Gasteiger partial charge in [0.1, 0.15) is 0 Å². The summed E-state index contributed by atoms with van der Waals surface area (Å²) >= 11 is 0. The predicted octanol–water partition coefficient (Wildman–Crippen LogP) is 3.02. The van der Waals surface area contributed by atoms with Crippen molar-refractivity contribution in [1.29, 1.82) is 5.26 Å². The summed E-state index contributed by atoms with van der Waals surface area (Å²) in [5.74, 6) is 0. The summed E-state index contributed by atoms with van der Waals surface area (Å²) in [5, 5.41) is 8.78. The zero-order valence-corrected chi connectivity index (χ0v) is 7.66. The van der Waals surface area contributed by atoms with Crippen LogP contribution in [0.5, 0.6) is 0 Å². The van der Waals surface area contributed by atoms with E-state index in [1.165, 1.54) is 24.8 Å². The second-order valence-electron chi connectivity index (χ2n) is 3.83. The van der Waals surface area contributed by atoms with E-state index in [9.17, 15) is 0 Å². The van der Waals surface area contributed by atoms with Gasteiger partial charge in [0.15, 0.2) is 0 Å². The number of nitrogens with zero attached hydrogens (tertiary/aromatic N) is 1. The zero-order valence-electron chi connectivity index (χ0n) is 7.66. The zero-order chi connectivity index (χ0) is 9.15. The Morgan fingerprint density at radius 2 is 1.92 bits per heavy atom. The molecule has 0 saturated heterocycles. The van der Waals surface area contributed by atoms with Crippen LogP contribution in [0.15, 0.2) is 30.3 Å². The lowest BCUT2D eigenvalue weighted by molar-refractivity contribution is 0.249. The largest absolute Gasteiger partial charge is 0.198 e. The van der Waals surface area contributed by atoms with Crippen LogP contribution in [0.25, 0.3) is 0 Å². The Kier molecular flexibility index (Phi) is 2.06. The quantitative estimate of drug-likeness (QED) is 0.671. The molecule has 0 N–H and O–H groups in total. The van der Waals surface area contributed by atoms with Crippen LogP contribution in [-0.4, -0.2) is 0 Å². The summed E-state index contributed by atoms with van der Waals surface area (Å²) in [5.41, 5.74) is 1.55. The van der Waals surface area contributed by atoms with Crippen LogP contribution in [-0.2, 0) is 5.41 Å². The van der Waals surface area contributed by atoms with Gasteiger partial charge >= 0.3 is 0 Å². The van der Waals surface area contributed by atoms with E-state index in [2.05, 4.69) is 30.3 Å². The van der Waals surface area contributed by atoms with Crippen LogP contribution in [0.3, 0.4) is 0 Å². The topological polar surface area (TPSA) is 23.8 Å². The Bertz CT molecular complexity index is 317. The van der Waals surface area contributed by atoms with Gasteiger partial charge in [0.25, 0.3) is 0 Å². The first kappa shape index (κ1) is 8.31. The standard InChI is InChI=1S/C12H13N/c13-10-9-12(7-4-8-12)11-5-2-1-3-6-11/h1-3,5-6H,4,7-9H2. The molecule has 66 valence electrons. The van der Waals surface area contributed by atoms with E-state index in [4.69, 9.17) is 5.26 Å². The first-order valence-corrected chi connectivity index (χ1v) is 4.80. The molecule has 1 heteroatoms. The van der Waals surface area contributed by atoms with Crippen molar-refractivity contribution in [2.75, 3.05) is 0 Å². The fraction of sp³-hybridized carbons (Fsp3) is 0.417. The van der Waals surface area contributed by atoms with Gasteiger partial charge in [0.05, 0.1) is 6.07 Å². The molecule has 0 heterocycles. The van der Waals surface area contributed by atoms with E-state index in [0.717, 1.165) is 0 Å². The summed E-state index contributed by atoms with van der Waals surface area (Å²) < 4.78 is 0. The lowest BCUT2D eigenvalue weighted by Gasteiger charge is -2.40. The molecule has 1 aliphatic rings. The maximum absolute atomic E-state index is 8.78. The van der Waals surface area contributed by atoms with E-state index in [0.29, 0.717) is 6.42 Å². The molecule has 0 radical (unpaired) electrons. The fourth-order valence-corrected chi connectivity index (χ4v) is 2.11. The Morgan fingerprint density at radius 3 is 2.38 bits per heavy atom. The van der Waals surface area contributed by atoms with Crippen molar-refractivity contribution in [1.82, 2.24) is 0 Å². The van der Waals surface area contributed by atoms with Crippen molar-refractivity contribution >= 4 is 0 Å². The van der Waals surface area contributed by atoms with E-state index < -0.39 is 0 Å². The Labute approximate surface area is 79.0 Å². The van der Waals surface area contributed by atoms with Gasteiger partial charge in [-0.2, -0.15) is 5.26 Å². The van der Waals surface area contributed by atoms with Crippen molar-refractivity contribution in [2.45, 2.75) is 31.1 Å². The van der Waals surface area contributed by atoms with Gasteiger partial charge in [-0.15, -0.1) is 0 Å². The number of benzene rings is 1. The van der Waals surface area contributed by atoms with Crippen molar-refractivity contribution in [3.63, 3.8) is 0 Å². The van der Waals surface area contributed by atoms with E-state index in [1.54, 1.807) is 0 Å². The average Bonchev–Trinajstić information content (AvgIpc) is 2.13. The first-order valence-electron chi connectivity index (χ1n) is 4.80. The van der Waals surface area contributed by atoms with Gasteiger partial charge in [0, 0.05) is 11.8 Å². The molecule has 0 atom stereocenters. The molecular weight excluding hydrogens is 158 g/mol. The second kappa shape index (κ2) is 3.22. The summed E-state index contributed by atoms with van der Waals surface area (Å²) in [4.78, 5) is 0. The van der Waals surface area contributed by atoms with E-state index in [-0.39, 0.29) is 5.41 Å². The summed E-state index contributed by atoms with van der Waals surface area (Å²) in [7, 11) is 0. The van der Waals surface area contributed by atoms with Crippen molar-refractivity contribution in [3.8, 4) is 6.07 Å². The van der Waals surface area contributed by atoms with Crippen LogP contribution in [0, 0.1) is 11.3 Å². The van der Waals surface area contributed by atoms with E-state index in [1.807, 2.05) is 6.07 Å². The van der Waals surface area contributed by atoms with Gasteiger partial charge in [-0.3, -0.25) is 0 Å². The smallest absolute Gasteiger partial charge is 0.0631 e. The summed E-state index contributed by atoms with van der Waals surface area (Å²) in [6.07, 6.45) is 4.32. The molecule has 1 aliphatic carbocycles. The highest BCUT2D eigenvalue weighted by molar-refractivity contribution is 5.29. The first-order chi connectivity index (χ1) is 6.37. The predicted molar refractivity (Wildman–Crippen MR) is 52.2 cm³/mol. The third-order valence-corrected chi connectivity index (χ3v) is 3.11. The normalized spacial score (nSPS) is 18.7. The molecule has 1 aromatic carbocycles. The van der Waals surface area contributed by atoms with E-state index >= 15 is 0 Å². The van der Waals surface area contributed by atoms with Crippen LogP contribution in [0.2, 0.25) is 0 Å². The summed E-state index contributed by atoms with van der Waals surface area (Å²) in [6, 6.07) is 12.8. The molecule has 0 aromatic heterocycles. The highest BCUT2D eigenvalue weighted by Crippen LogP contribution is 2.45. The molecule has 1 fully saturated rings. The van der Waals surface area contributed by atoms with Crippen LogP contribution >= 0.6 is 0 Å². The molecule has 0 amide bonds. The van der Waals surface area contributed by atoms with Gasteiger partial charge in [-0.1, -0.05) is 36.8 Å². The second-order valence-corrected chi connectivity index (χ2v) is 3.83. The molecule has 1 saturated carbocycles. The fourth-order valence-electron chi connectivity index (χ4n) is 2.11. The third-order valence-electron chi connectivity index (χ3n) is 3.11. The minimum absolute atomic E-state index is 0.204. The number of hydrogen-bond acceptors (Lipinski definition) is 1. The minimum Gasteiger partial charge on any atom is -0.198 e.